The van der Waals surface area contributed by atoms with Crippen LogP contribution in [-0.4, -0.2) is 48.6 Å². The molecule has 2 atom stereocenters. The first kappa shape index (κ1) is 28.2. The molecule has 1 aliphatic heterocycles. The first-order chi connectivity index (χ1) is 20.2. The Hall–Kier alpha value is -3.95. The van der Waals surface area contributed by atoms with Crippen molar-refractivity contribution >= 4 is 21.3 Å². The highest BCUT2D eigenvalue weighted by Crippen LogP contribution is 2.51. The van der Waals surface area contributed by atoms with Crippen molar-refractivity contribution in [1.82, 2.24) is 9.78 Å². The molecule has 1 saturated heterocycles. The van der Waals surface area contributed by atoms with Crippen molar-refractivity contribution in [3.05, 3.63) is 65.5 Å². The molecule has 0 bridgehead atoms. The maximum atomic E-state index is 13.6. The van der Waals surface area contributed by atoms with Crippen LogP contribution in [0.15, 0.2) is 48.7 Å². The third-order valence-corrected chi connectivity index (χ3v) is 10.9. The van der Waals surface area contributed by atoms with Crippen LogP contribution in [0.5, 0.6) is 0 Å². The maximum absolute atomic E-state index is 13.6. The summed E-state index contributed by atoms with van der Waals surface area (Å²) in [4.78, 5) is 15.7. The summed E-state index contributed by atoms with van der Waals surface area (Å²) in [5.74, 6) is 0.235. The number of hydrogen-bond acceptors (Lipinski definition) is 7. The number of carbonyl (C=O) groups excluding carboxylic acids is 1. The van der Waals surface area contributed by atoms with Gasteiger partial charge in [-0.2, -0.15) is 15.6 Å². The van der Waals surface area contributed by atoms with E-state index in [9.17, 15) is 23.7 Å². The Morgan fingerprint density at radius 3 is 2.43 bits per heavy atom. The highest BCUT2D eigenvalue weighted by Gasteiger charge is 2.47. The fourth-order valence-corrected chi connectivity index (χ4v) is 7.76. The Morgan fingerprint density at radius 2 is 1.76 bits per heavy atom. The molecule has 1 aromatic heterocycles. The van der Waals surface area contributed by atoms with Gasteiger partial charge in [0.2, 0.25) is 0 Å². The molecule has 216 valence electrons. The SMILES string of the molecule is Cc1ccc(-n2cc(-c3ccc(N4CCS(=O)(=O)CC4)cc3)c([C@@H]3CCCC[C@H]3C(=O)CC3(C#N)CC3)n2)c(C#N)c1. The topological polar surface area (TPSA) is 120 Å². The summed E-state index contributed by atoms with van der Waals surface area (Å²) < 4.78 is 25.6. The number of nitriles is 2. The Balaban J connectivity index is 1.38. The molecular weight excluding hydrogens is 546 g/mol. The van der Waals surface area contributed by atoms with Crippen molar-refractivity contribution in [2.24, 2.45) is 11.3 Å². The highest BCUT2D eigenvalue weighted by atomic mass is 32.2. The summed E-state index contributed by atoms with van der Waals surface area (Å²) in [5, 5.41) is 24.6. The fourth-order valence-electron chi connectivity index (χ4n) is 6.56. The van der Waals surface area contributed by atoms with E-state index in [1.54, 1.807) is 4.68 Å². The molecule has 3 aliphatic rings. The van der Waals surface area contributed by atoms with Gasteiger partial charge in [0.15, 0.2) is 9.84 Å². The molecule has 2 aromatic carbocycles. The van der Waals surface area contributed by atoms with E-state index >= 15 is 0 Å². The first-order valence-electron chi connectivity index (χ1n) is 14.8. The van der Waals surface area contributed by atoms with Crippen LogP contribution in [0.25, 0.3) is 16.8 Å². The number of benzene rings is 2. The predicted octanol–water partition coefficient (Wildman–Crippen LogP) is 5.49. The number of Topliss-reactive ketones (excluding diaryl/α,β-unsaturated/α-hetero) is 1. The number of ketones is 1. The zero-order valence-electron chi connectivity index (χ0n) is 23.9. The van der Waals surface area contributed by atoms with Gasteiger partial charge < -0.3 is 4.90 Å². The van der Waals surface area contributed by atoms with Gasteiger partial charge in [-0.1, -0.05) is 31.0 Å². The second-order valence-corrected chi connectivity index (χ2v) is 14.5. The third-order valence-electron chi connectivity index (χ3n) is 9.28. The van der Waals surface area contributed by atoms with Crippen LogP contribution in [0.1, 0.15) is 67.7 Å². The molecule has 9 heteroatoms. The van der Waals surface area contributed by atoms with Gasteiger partial charge in [0.05, 0.1) is 39.9 Å². The van der Waals surface area contributed by atoms with Crippen LogP contribution >= 0.6 is 0 Å². The van der Waals surface area contributed by atoms with Gasteiger partial charge in [0.25, 0.3) is 0 Å². The summed E-state index contributed by atoms with van der Waals surface area (Å²) in [6.07, 6.45) is 7.52. The molecule has 2 saturated carbocycles. The van der Waals surface area contributed by atoms with Crippen molar-refractivity contribution in [3.8, 4) is 29.0 Å². The normalized spacial score (nSPS) is 22.6. The van der Waals surface area contributed by atoms with Crippen LogP contribution in [0.4, 0.5) is 5.69 Å². The minimum Gasteiger partial charge on any atom is -0.369 e. The molecular formula is C33H35N5O3S. The number of anilines is 1. The number of carbonyl (C=O) groups is 1. The second kappa shape index (κ2) is 11.0. The molecule has 2 heterocycles. The molecule has 0 N–H and O–H groups in total. The van der Waals surface area contributed by atoms with E-state index in [0.29, 0.717) is 30.8 Å². The van der Waals surface area contributed by atoms with Crippen LogP contribution in [0.3, 0.4) is 0 Å². The van der Waals surface area contributed by atoms with Crippen LogP contribution in [-0.2, 0) is 14.6 Å². The van der Waals surface area contributed by atoms with Gasteiger partial charge in [-0.3, -0.25) is 4.79 Å². The van der Waals surface area contributed by atoms with E-state index in [2.05, 4.69) is 17.0 Å². The average Bonchev–Trinajstić information content (AvgIpc) is 3.64. The average molecular weight is 582 g/mol. The first-order valence-corrected chi connectivity index (χ1v) is 16.6. The minimum absolute atomic E-state index is 0.0695. The van der Waals surface area contributed by atoms with Gasteiger partial charge in [0, 0.05) is 48.8 Å². The fraction of sp³-hybridized carbons (Fsp3) is 0.455. The Labute approximate surface area is 247 Å². The van der Waals surface area contributed by atoms with Gasteiger partial charge in [-0.15, -0.1) is 0 Å². The lowest BCUT2D eigenvalue weighted by Gasteiger charge is -2.31. The number of aromatic nitrogens is 2. The lowest BCUT2D eigenvalue weighted by molar-refractivity contribution is -0.125. The lowest BCUT2D eigenvalue weighted by atomic mass is 9.72. The molecule has 8 nitrogen and oxygen atoms in total. The van der Waals surface area contributed by atoms with Crippen LogP contribution in [0, 0.1) is 40.9 Å². The summed E-state index contributed by atoms with van der Waals surface area (Å²) in [6, 6.07) is 18.5. The number of rotatable bonds is 7. The number of sulfone groups is 1. The van der Waals surface area contributed by atoms with Crippen LogP contribution in [0.2, 0.25) is 0 Å². The van der Waals surface area contributed by atoms with Crippen molar-refractivity contribution in [3.63, 3.8) is 0 Å². The molecule has 6 rings (SSSR count). The van der Waals surface area contributed by atoms with E-state index in [1.165, 1.54) is 0 Å². The quantitative estimate of drug-likeness (QED) is 0.362. The van der Waals surface area contributed by atoms with E-state index in [4.69, 9.17) is 5.10 Å². The standard InChI is InChI=1S/C33H35N5O3S/c1-23-6-11-30(25(18-23)20-34)38-21-29(24-7-9-26(10-8-24)37-14-16-42(40,41)17-15-37)32(36-38)28-5-3-2-4-27(28)31(39)19-33(22-35)12-13-33/h6-11,18,21,27-28H,2-5,12-17,19H2,1H3/t27-,28-/m1/s1. The number of nitrogens with zero attached hydrogens (tertiary/aromatic N) is 5. The van der Waals surface area contributed by atoms with Gasteiger partial charge in [0.1, 0.15) is 11.9 Å². The second-order valence-electron chi connectivity index (χ2n) is 12.2. The molecule has 3 aromatic rings. The number of hydrogen-bond donors (Lipinski definition) is 0. The largest absolute Gasteiger partial charge is 0.369 e. The van der Waals surface area contributed by atoms with Crippen molar-refractivity contribution in [2.45, 2.75) is 57.8 Å². The molecule has 0 unspecified atom stereocenters. The van der Waals surface area contributed by atoms with E-state index in [1.807, 2.05) is 55.6 Å². The Bertz CT molecular complexity index is 1690. The zero-order valence-corrected chi connectivity index (χ0v) is 24.7. The van der Waals surface area contributed by atoms with Gasteiger partial charge in [-0.25, -0.2) is 13.1 Å². The predicted molar refractivity (Wildman–Crippen MR) is 161 cm³/mol. The molecule has 0 spiro atoms. The minimum atomic E-state index is -2.97. The smallest absolute Gasteiger partial charge is 0.153 e. The van der Waals surface area contributed by atoms with Gasteiger partial charge in [-0.05, 0) is 68.0 Å². The van der Waals surface area contributed by atoms with E-state index in [-0.39, 0.29) is 29.1 Å². The lowest BCUT2D eigenvalue weighted by Crippen LogP contribution is -2.40. The molecule has 0 amide bonds. The molecule has 2 aliphatic carbocycles. The summed E-state index contributed by atoms with van der Waals surface area (Å²) >= 11 is 0. The molecule has 0 radical (unpaired) electrons. The van der Waals surface area contributed by atoms with Crippen molar-refractivity contribution in [2.75, 3.05) is 29.5 Å². The van der Waals surface area contributed by atoms with E-state index < -0.39 is 15.3 Å². The summed E-state index contributed by atoms with van der Waals surface area (Å²) in [6.45, 7) is 2.91. The summed E-state index contributed by atoms with van der Waals surface area (Å²) in [7, 11) is -2.97. The Morgan fingerprint density at radius 1 is 1.05 bits per heavy atom. The maximum Gasteiger partial charge on any atom is 0.153 e. The third kappa shape index (κ3) is 5.58. The molecule has 3 fully saturated rings. The van der Waals surface area contributed by atoms with Crippen molar-refractivity contribution in [1.29, 1.82) is 10.5 Å². The van der Waals surface area contributed by atoms with Gasteiger partial charge >= 0.3 is 0 Å². The van der Waals surface area contributed by atoms with Crippen LogP contribution < -0.4 is 4.90 Å². The monoisotopic (exact) mass is 581 g/mol. The molecule has 42 heavy (non-hydrogen) atoms. The van der Waals surface area contributed by atoms with E-state index in [0.717, 1.165) is 66.6 Å². The highest BCUT2D eigenvalue weighted by molar-refractivity contribution is 7.91. The Kier molecular flexibility index (Phi) is 7.41. The number of aryl methyl sites for hydroxylation is 1. The summed E-state index contributed by atoms with van der Waals surface area (Å²) in [5.41, 5.74) is 5.47. The van der Waals surface area contributed by atoms with Crippen molar-refractivity contribution < 1.29 is 13.2 Å². The zero-order chi connectivity index (χ0) is 29.5.